The average Bonchev–Trinajstić information content (AvgIpc) is 2.19. The fraction of sp³-hybridized carbons (Fsp3) is 1.00. The highest BCUT2D eigenvalue weighted by Crippen LogP contribution is 2.20. The maximum absolute atomic E-state index is 6.11. The molecule has 0 aromatic heterocycles. The first-order chi connectivity index (χ1) is 6.34. The zero-order chi connectivity index (χ0) is 9.52. The van der Waals surface area contributed by atoms with Crippen LogP contribution < -0.4 is 5.73 Å². The van der Waals surface area contributed by atoms with Crippen LogP contribution in [-0.4, -0.2) is 30.8 Å². The van der Waals surface area contributed by atoms with Crippen LogP contribution in [0.25, 0.3) is 0 Å². The second-order valence-electron chi connectivity index (χ2n) is 3.69. The van der Waals surface area contributed by atoms with Gasteiger partial charge in [-0.1, -0.05) is 6.92 Å². The quantitative estimate of drug-likeness (QED) is 0.693. The van der Waals surface area contributed by atoms with E-state index in [1.807, 2.05) is 11.8 Å². The minimum atomic E-state index is 0.389. The van der Waals surface area contributed by atoms with Gasteiger partial charge < -0.3 is 10.5 Å². The summed E-state index contributed by atoms with van der Waals surface area (Å²) >= 11 is 1.99. The molecule has 1 heterocycles. The summed E-state index contributed by atoms with van der Waals surface area (Å²) in [5.41, 5.74) is 6.11. The van der Waals surface area contributed by atoms with Gasteiger partial charge in [-0.15, -0.1) is 0 Å². The van der Waals surface area contributed by atoms with E-state index in [0.717, 1.165) is 31.8 Å². The Morgan fingerprint density at radius 2 is 2.15 bits per heavy atom. The molecule has 0 aromatic carbocycles. The highest BCUT2D eigenvalue weighted by atomic mass is 32.2. The first-order valence-corrected chi connectivity index (χ1v) is 6.41. The molecule has 1 aliphatic rings. The van der Waals surface area contributed by atoms with Crippen LogP contribution >= 0.6 is 11.8 Å². The van der Waals surface area contributed by atoms with E-state index in [-0.39, 0.29) is 0 Å². The molecular formula is C10H21NOS. The summed E-state index contributed by atoms with van der Waals surface area (Å²) in [6.45, 7) is 4.04. The number of rotatable bonds is 5. The summed E-state index contributed by atoms with van der Waals surface area (Å²) in [5, 5.41) is 0. The molecule has 1 fully saturated rings. The first kappa shape index (κ1) is 11.3. The molecule has 0 aliphatic carbocycles. The number of thioether (sulfide) groups is 1. The van der Waals surface area contributed by atoms with Gasteiger partial charge in [0.2, 0.25) is 0 Å². The second kappa shape index (κ2) is 6.68. The van der Waals surface area contributed by atoms with Crippen molar-refractivity contribution in [2.75, 3.05) is 24.7 Å². The van der Waals surface area contributed by atoms with Crippen LogP contribution in [0.3, 0.4) is 0 Å². The molecule has 3 heteroatoms. The van der Waals surface area contributed by atoms with Gasteiger partial charge in [0, 0.05) is 25.0 Å². The molecule has 1 aliphatic heterocycles. The number of ether oxygens (including phenoxy) is 1. The van der Waals surface area contributed by atoms with Crippen molar-refractivity contribution in [2.45, 2.75) is 32.2 Å². The van der Waals surface area contributed by atoms with E-state index in [4.69, 9.17) is 10.5 Å². The van der Waals surface area contributed by atoms with Crippen LogP contribution in [0.1, 0.15) is 26.2 Å². The fourth-order valence-corrected chi connectivity index (χ4v) is 2.64. The third-order valence-electron chi connectivity index (χ3n) is 2.53. The maximum atomic E-state index is 6.11. The van der Waals surface area contributed by atoms with Crippen molar-refractivity contribution >= 4 is 11.8 Å². The molecule has 0 aromatic rings. The van der Waals surface area contributed by atoms with Gasteiger partial charge in [-0.2, -0.15) is 11.8 Å². The van der Waals surface area contributed by atoms with Crippen molar-refractivity contribution in [3.8, 4) is 0 Å². The van der Waals surface area contributed by atoms with Gasteiger partial charge in [-0.25, -0.2) is 0 Å². The monoisotopic (exact) mass is 203 g/mol. The molecule has 0 bridgehead atoms. The SMILES string of the molecule is CCCSCC(N)C1CCOCC1. The highest BCUT2D eigenvalue weighted by Gasteiger charge is 2.20. The summed E-state index contributed by atoms with van der Waals surface area (Å²) in [6.07, 6.45) is 3.58. The van der Waals surface area contributed by atoms with Crippen LogP contribution in [0, 0.1) is 5.92 Å². The van der Waals surface area contributed by atoms with Crippen molar-refractivity contribution in [1.82, 2.24) is 0 Å². The van der Waals surface area contributed by atoms with Crippen molar-refractivity contribution < 1.29 is 4.74 Å². The van der Waals surface area contributed by atoms with Crippen LogP contribution in [-0.2, 0) is 4.74 Å². The van der Waals surface area contributed by atoms with Crippen molar-refractivity contribution in [3.05, 3.63) is 0 Å². The minimum absolute atomic E-state index is 0.389. The molecule has 1 unspecified atom stereocenters. The van der Waals surface area contributed by atoms with Gasteiger partial charge in [-0.3, -0.25) is 0 Å². The van der Waals surface area contributed by atoms with Crippen molar-refractivity contribution in [2.24, 2.45) is 11.7 Å². The Labute approximate surface area is 85.6 Å². The van der Waals surface area contributed by atoms with Crippen molar-refractivity contribution in [1.29, 1.82) is 0 Å². The van der Waals surface area contributed by atoms with E-state index in [1.54, 1.807) is 0 Å². The molecule has 2 nitrogen and oxygen atoms in total. The average molecular weight is 203 g/mol. The van der Waals surface area contributed by atoms with Gasteiger partial charge in [0.1, 0.15) is 0 Å². The molecule has 1 rings (SSSR count). The molecule has 78 valence electrons. The van der Waals surface area contributed by atoms with Gasteiger partial charge in [0.15, 0.2) is 0 Å². The first-order valence-electron chi connectivity index (χ1n) is 5.25. The molecule has 13 heavy (non-hydrogen) atoms. The van der Waals surface area contributed by atoms with Crippen LogP contribution in [0.5, 0.6) is 0 Å². The number of hydrogen-bond donors (Lipinski definition) is 1. The Kier molecular flexibility index (Phi) is 5.83. The lowest BCUT2D eigenvalue weighted by Gasteiger charge is -2.27. The predicted octanol–water partition coefficient (Wildman–Crippen LogP) is 1.88. The number of hydrogen-bond acceptors (Lipinski definition) is 3. The Hall–Kier alpha value is 0.270. The third kappa shape index (κ3) is 4.34. The van der Waals surface area contributed by atoms with Crippen LogP contribution in [0.4, 0.5) is 0 Å². The fourth-order valence-electron chi connectivity index (χ4n) is 1.64. The van der Waals surface area contributed by atoms with Gasteiger partial charge in [0.25, 0.3) is 0 Å². The molecule has 0 spiro atoms. The summed E-state index contributed by atoms with van der Waals surface area (Å²) in [6, 6.07) is 0.389. The van der Waals surface area contributed by atoms with Crippen molar-refractivity contribution in [3.63, 3.8) is 0 Å². The Bertz CT molecular complexity index is 126. The molecule has 1 saturated heterocycles. The zero-order valence-corrected chi connectivity index (χ0v) is 9.31. The summed E-state index contributed by atoms with van der Waals surface area (Å²) in [4.78, 5) is 0. The lowest BCUT2D eigenvalue weighted by molar-refractivity contribution is 0.0607. The topological polar surface area (TPSA) is 35.2 Å². The van der Waals surface area contributed by atoms with Crippen LogP contribution in [0.2, 0.25) is 0 Å². The highest BCUT2D eigenvalue weighted by molar-refractivity contribution is 7.99. The van der Waals surface area contributed by atoms with E-state index < -0.39 is 0 Å². The van der Waals surface area contributed by atoms with Gasteiger partial charge in [-0.05, 0) is 30.9 Å². The molecule has 1 atom stereocenters. The molecule has 0 saturated carbocycles. The smallest absolute Gasteiger partial charge is 0.0469 e. The molecule has 2 N–H and O–H groups in total. The Balaban J connectivity index is 2.09. The maximum Gasteiger partial charge on any atom is 0.0469 e. The largest absolute Gasteiger partial charge is 0.381 e. The minimum Gasteiger partial charge on any atom is -0.381 e. The predicted molar refractivity (Wildman–Crippen MR) is 59.1 cm³/mol. The lowest BCUT2D eigenvalue weighted by atomic mass is 9.94. The Morgan fingerprint density at radius 3 is 2.77 bits per heavy atom. The van der Waals surface area contributed by atoms with Gasteiger partial charge >= 0.3 is 0 Å². The van der Waals surface area contributed by atoms with E-state index in [1.165, 1.54) is 12.2 Å². The van der Waals surface area contributed by atoms with E-state index in [2.05, 4.69) is 6.92 Å². The summed E-state index contributed by atoms with van der Waals surface area (Å²) in [7, 11) is 0. The van der Waals surface area contributed by atoms with Crippen LogP contribution in [0.15, 0.2) is 0 Å². The third-order valence-corrected chi connectivity index (χ3v) is 3.85. The lowest BCUT2D eigenvalue weighted by Crippen LogP contribution is -2.36. The number of nitrogens with two attached hydrogens (primary N) is 1. The summed E-state index contributed by atoms with van der Waals surface area (Å²) < 4.78 is 5.31. The van der Waals surface area contributed by atoms with E-state index in [9.17, 15) is 0 Å². The molecular weight excluding hydrogens is 182 g/mol. The molecule has 0 radical (unpaired) electrons. The molecule has 0 amide bonds. The van der Waals surface area contributed by atoms with E-state index in [0.29, 0.717) is 12.0 Å². The second-order valence-corrected chi connectivity index (χ2v) is 4.84. The zero-order valence-electron chi connectivity index (χ0n) is 8.50. The summed E-state index contributed by atoms with van der Waals surface area (Å²) in [5.74, 6) is 3.08. The van der Waals surface area contributed by atoms with E-state index >= 15 is 0 Å². The standard InChI is InChI=1S/C10H21NOS/c1-2-7-13-8-10(11)9-3-5-12-6-4-9/h9-10H,2-8,11H2,1H3. The Morgan fingerprint density at radius 1 is 1.46 bits per heavy atom. The van der Waals surface area contributed by atoms with Gasteiger partial charge in [0.05, 0.1) is 0 Å². The normalized spacial score (nSPS) is 21.7.